The van der Waals surface area contributed by atoms with Crippen molar-refractivity contribution in [2.45, 2.75) is 77.4 Å². The molecule has 0 aromatic heterocycles. The number of carbonyl (C=O) groups excluding carboxylic acids is 2. The average Bonchev–Trinajstić information content (AvgIpc) is 3.11. The number of methoxy groups -OCH3 is 1. The van der Waals surface area contributed by atoms with E-state index in [0.29, 0.717) is 0 Å². The van der Waals surface area contributed by atoms with Gasteiger partial charge in [0.2, 0.25) is 6.41 Å². The topological polar surface area (TPSA) is 74.3 Å². The molecular formula is C19H33NO6. The lowest BCUT2D eigenvalue weighted by molar-refractivity contribution is -0.248. The molecule has 2 fully saturated rings. The average molecular weight is 371 g/mol. The molecule has 1 aliphatic carbocycles. The van der Waals surface area contributed by atoms with Crippen LogP contribution >= 0.6 is 0 Å². The van der Waals surface area contributed by atoms with Gasteiger partial charge in [0, 0.05) is 13.1 Å². The number of ether oxygens (including phenoxy) is 4. The first-order chi connectivity index (χ1) is 12.3. The van der Waals surface area contributed by atoms with Crippen LogP contribution in [0, 0.1) is 5.92 Å². The Morgan fingerprint density at radius 3 is 2.23 bits per heavy atom. The SMILES string of the molecule is COC(=O)[C@H]1CC[C@H](OC(OCC(=O)OC(C)(C)C)N2CCCC2)CC1. The van der Waals surface area contributed by atoms with Gasteiger partial charge < -0.3 is 18.9 Å². The van der Waals surface area contributed by atoms with E-state index in [1.54, 1.807) is 0 Å². The lowest BCUT2D eigenvalue weighted by Gasteiger charge is -2.34. The van der Waals surface area contributed by atoms with Crippen LogP contribution in [0.15, 0.2) is 0 Å². The Labute approximate surface area is 156 Å². The molecule has 1 atom stereocenters. The molecule has 0 aromatic carbocycles. The van der Waals surface area contributed by atoms with Crippen molar-refractivity contribution in [2.75, 3.05) is 26.8 Å². The van der Waals surface area contributed by atoms with E-state index in [1.165, 1.54) is 7.11 Å². The second-order valence-electron chi connectivity index (χ2n) is 8.08. The number of rotatable bonds is 7. The molecule has 1 unspecified atom stereocenters. The maximum Gasteiger partial charge on any atom is 0.332 e. The predicted molar refractivity (Wildman–Crippen MR) is 95.2 cm³/mol. The first kappa shape index (κ1) is 21.1. The van der Waals surface area contributed by atoms with Crippen molar-refractivity contribution in [3.63, 3.8) is 0 Å². The number of hydrogen-bond acceptors (Lipinski definition) is 7. The van der Waals surface area contributed by atoms with Gasteiger partial charge in [-0.3, -0.25) is 9.69 Å². The first-order valence-corrected chi connectivity index (χ1v) is 9.59. The molecule has 0 radical (unpaired) electrons. The molecule has 1 aliphatic heterocycles. The molecule has 1 saturated carbocycles. The number of nitrogens with zero attached hydrogens (tertiary/aromatic N) is 1. The van der Waals surface area contributed by atoms with Gasteiger partial charge in [0.1, 0.15) is 12.2 Å². The van der Waals surface area contributed by atoms with Crippen molar-refractivity contribution in [3.8, 4) is 0 Å². The molecule has 0 aromatic rings. The van der Waals surface area contributed by atoms with Crippen molar-refractivity contribution >= 4 is 11.9 Å². The maximum atomic E-state index is 11.9. The lowest BCUT2D eigenvalue weighted by Crippen LogP contribution is -2.42. The third-order valence-corrected chi connectivity index (χ3v) is 4.72. The highest BCUT2D eigenvalue weighted by Gasteiger charge is 2.32. The third-order valence-electron chi connectivity index (χ3n) is 4.72. The predicted octanol–water partition coefficient (Wildman–Crippen LogP) is 2.47. The summed E-state index contributed by atoms with van der Waals surface area (Å²) in [5.41, 5.74) is -0.531. The van der Waals surface area contributed by atoms with Gasteiger partial charge in [-0.2, -0.15) is 0 Å². The highest BCUT2D eigenvalue weighted by Crippen LogP contribution is 2.29. The number of carbonyl (C=O) groups is 2. The largest absolute Gasteiger partial charge is 0.469 e. The number of esters is 2. The number of likely N-dealkylation sites (tertiary alicyclic amines) is 1. The quantitative estimate of drug-likeness (QED) is 0.503. The van der Waals surface area contributed by atoms with Gasteiger partial charge in [-0.05, 0) is 59.3 Å². The van der Waals surface area contributed by atoms with Gasteiger partial charge in [0.25, 0.3) is 0 Å². The summed E-state index contributed by atoms with van der Waals surface area (Å²) >= 11 is 0. The zero-order valence-corrected chi connectivity index (χ0v) is 16.5. The second kappa shape index (κ2) is 9.67. The Kier molecular flexibility index (Phi) is 7.85. The summed E-state index contributed by atoms with van der Waals surface area (Å²) in [4.78, 5) is 25.7. The Morgan fingerprint density at radius 1 is 1.08 bits per heavy atom. The summed E-state index contributed by atoms with van der Waals surface area (Å²) in [5, 5.41) is 0. The van der Waals surface area contributed by atoms with Crippen LogP contribution in [-0.4, -0.2) is 61.8 Å². The standard InChI is InChI=1S/C19H33NO6/c1-19(2,3)26-16(21)13-24-18(20-11-5-6-12-20)25-15-9-7-14(8-10-15)17(22)23-4/h14-15,18H,5-13H2,1-4H3/t14-,15-,18?. The van der Waals surface area contributed by atoms with E-state index in [2.05, 4.69) is 4.90 Å². The van der Waals surface area contributed by atoms with E-state index in [4.69, 9.17) is 18.9 Å². The van der Waals surface area contributed by atoms with E-state index >= 15 is 0 Å². The normalized spacial score (nSPS) is 25.7. The van der Waals surface area contributed by atoms with Gasteiger partial charge in [0.05, 0.1) is 19.1 Å². The van der Waals surface area contributed by atoms with Crippen LogP contribution in [0.4, 0.5) is 0 Å². The van der Waals surface area contributed by atoms with Crippen molar-refractivity contribution in [1.29, 1.82) is 0 Å². The van der Waals surface area contributed by atoms with Crippen LogP contribution in [-0.2, 0) is 28.5 Å². The molecule has 0 bridgehead atoms. The minimum atomic E-state index is -0.537. The molecule has 1 heterocycles. The summed E-state index contributed by atoms with van der Waals surface area (Å²) in [7, 11) is 1.43. The number of hydrogen-bond donors (Lipinski definition) is 0. The maximum absolute atomic E-state index is 11.9. The molecule has 0 spiro atoms. The smallest absolute Gasteiger partial charge is 0.332 e. The summed E-state index contributed by atoms with van der Waals surface area (Å²) in [5.74, 6) is -0.562. The minimum Gasteiger partial charge on any atom is -0.469 e. The molecule has 7 heteroatoms. The Morgan fingerprint density at radius 2 is 1.69 bits per heavy atom. The van der Waals surface area contributed by atoms with Gasteiger partial charge in [0.15, 0.2) is 0 Å². The van der Waals surface area contributed by atoms with Crippen LogP contribution < -0.4 is 0 Å². The van der Waals surface area contributed by atoms with Crippen molar-refractivity contribution in [1.82, 2.24) is 4.90 Å². The summed E-state index contributed by atoms with van der Waals surface area (Å²) in [6.45, 7) is 7.17. The molecule has 150 valence electrons. The first-order valence-electron chi connectivity index (χ1n) is 9.59. The van der Waals surface area contributed by atoms with Crippen molar-refractivity contribution in [2.24, 2.45) is 5.92 Å². The highest BCUT2D eigenvalue weighted by atomic mass is 16.7. The molecule has 1 saturated heterocycles. The second-order valence-corrected chi connectivity index (χ2v) is 8.08. The van der Waals surface area contributed by atoms with Gasteiger partial charge in [-0.25, -0.2) is 4.79 Å². The summed E-state index contributed by atoms with van der Waals surface area (Å²) in [6, 6.07) is 0. The highest BCUT2D eigenvalue weighted by molar-refractivity contribution is 5.72. The monoisotopic (exact) mass is 371 g/mol. The van der Waals surface area contributed by atoms with Crippen LogP contribution in [0.2, 0.25) is 0 Å². The molecule has 2 rings (SSSR count). The summed E-state index contributed by atoms with van der Waals surface area (Å²) < 4.78 is 22.1. The van der Waals surface area contributed by atoms with E-state index in [-0.39, 0.29) is 30.6 Å². The van der Waals surface area contributed by atoms with Crippen molar-refractivity contribution in [3.05, 3.63) is 0 Å². The zero-order chi connectivity index (χ0) is 19.2. The van der Waals surface area contributed by atoms with Crippen molar-refractivity contribution < 1.29 is 28.5 Å². The minimum absolute atomic E-state index is 0.0279. The fourth-order valence-electron chi connectivity index (χ4n) is 3.46. The zero-order valence-electron chi connectivity index (χ0n) is 16.5. The van der Waals surface area contributed by atoms with E-state index in [9.17, 15) is 9.59 Å². The van der Waals surface area contributed by atoms with Crippen LogP contribution in [0.3, 0.4) is 0 Å². The van der Waals surface area contributed by atoms with Crippen LogP contribution in [0.25, 0.3) is 0 Å². The summed E-state index contributed by atoms with van der Waals surface area (Å²) in [6.07, 6.45) is 4.80. The molecular weight excluding hydrogens is 338 g/mol. The van der Waals surface area contributed by atoms with Gasteiger partial charge in [-0.15, -0.1) is 0 Å². The van der Waals surface area contributed by atoms with E-state index in [1.807, 2.05) is 20.8 Å². The van der Waals surface area contributed by atoms with E-state index < -0.39 is 12.0 Å². The van der Waals surface area contributed by atoms with Gasteiger partial charge in [-0.1, -0.05) is 0 Å². The molecule has 26 heavy (non-hydrogen) atoms. The molecule has 2 aliphatic rings. The molecule has 0 N–H and O–H groups in total. The molecule has 0 amide bonds. The fourth-order valence-corrected chi connectivity index (χ4v) is 3.46. The van der Waals surface area contributed by atoms with Crippen LogP contribution in [0.5, 0.6) is 0 Å². The van der Waals surface area contributed by atoms with Gasteiger partial charge >= 0.3 is 11.9 Å². The third kappa shape index (κ3) is 6.85. The Hall–Kier alpha value is -1.18. The lowest BCUT2D eigenvalue weighted by atomic mass is 9.87. The van der Waals surface area contributed by atoms with Crippen LogP contribution in [0.1, 0.15) is 59.3 Å². The Balaban J connectivity index is 1.84. The molecule has 7 nitrogen and oxygen atoms in total. The van der Waals surface area contributed by atoms with E-state index in [0.717, 1.165) is 51.6 Å². The fraction of sp³-hybridized carbons (Fsp3) is 0.895. The Bertz CT molecular complexity index is 461.